The van der Waals surface area contributed by atoms with E-state index in [4.69, 9.17) is 9.47 Å². The summed E-state index contributed by atoms with van der Waals surface area (Å²) in [5, 5.41) is 0. The van der Waals surface area contributed by atoms with Gasteiger partial charge in [0, 0.05) is 18.9 Å². The molecule has 1 fully saturated rings. The standard InChI is InChI=1S/C21H26F3N3O2/c1-3-13-28-16-11-9-15(10-12-16)27(2)20-25-14-18(21(22,23)24)19(26-20)29-17-7-5-4-6-8-17/h9-12,14,17H,3-8,13H2,1-2H3. The molecule has 1 saturated carbocycles. The minimum Gasteiger partial charge on any atom is -0.494 e. The summed E-state index contributed by atoms with van der Waals surface area (Å²) < 4.78 is 51.5. The van der Waals surface area contributed by atoms with E-state index in [0.717, 1.165) is 56.2 Å². The predicted molar refractivity (Wildman–Crippen MR) is 105 cm³/mol. The number of alkyl halides is 3. The molecule has 0 atom stereocenters. The van der Waals surface area contributed by atoms with E-state index < -0.39 is 17.6 Å². The Kier molecular flexibility index (Phi) is 6.82. The molecule has 1 aliphatic rings. The Balaban J connectivity index is 1.83. The van der Waals surface area contributed by atoms with E-state index in [9.17, 15) is 13.2 Å². The highest BCUT2D eigenvalue weighted by molar-refractivity contribution is 5.58. The van der Waals surface area contributed by atoms with Crippen LogP contribution in [0.3, 0.4) is 0 Å². The molecule has 29 heavy (non-hydrogen) atoms. The van der Waals surface area contributed by atoms with Gasteiger partial charge >= 0.3 is 6.18 Å². The van der Waals surface area contributed by atoms with Gasteiger partial charge in [0.2, 0.25) is 11.8 Å². The molecule has 8 heteroatoms. The molecule has 0 bridgehead atoms. The topological polar surface area (TPSA) is 47.5 Å². The van der Waals surface area contributed by atoms with Crippen molar-refractivity contribution in [1.82, 2.24) is 9.97 Å². The predicted octanol–water partition coefficient (Wildman–Crippen LogP) is 5.76. The third kappa shape index (κ3) is 5.52. The lowest BCUT2D eigenvalue weighted by Crippen LogP contribution is -2.23. The maximum absolute atomic E-state index is 13.4. The first-order valence-corrected chi connectivity index (χ1v) is 9.96. The minimum absolute atomic E-state index is 0.144. The third-order valence-corrected chi connectivity index (χ3v) is 4.87. The fourth-order valence-electron chi connectivity index (χ4n) is 3.25. The third-order valence-electron chi connectivity index (χ3n) is 4.87. The second-order valence-electron chi connectivity index (χ2n) is 7.17. The van der Waals surface area contributed by atoms with E-state index in [1.54, 1.807) is 11.9 Å². The van der Waals surface area contributed by atoms with Crippen LogP contribution >= 0.6 is 0 Å². The molecule has 2 aromatic rings. The summed E-state index contributed by atoms with van der Waals surface area (Å²) in [6.45, 7) is 2.65. The quantitative estimate of drug-likeness (QED) is 0.582. The van der Waals surface area contributed by atoms with Crippen molar-refractivity contribution in [2.45, 2.75) is 57.7 Å². The Morgan fingerprint density at radius 3 is 2.41 bits per heavy atom. The molecular weight excluding hydrogens is 383 g/mol. The van der Waals surface area contributed by atoms with Crippen LogP contribution in [0, 0.1) is 0 Å². The van der Waals surface area contributed by atoms with Crippen molar-refractivity contribution >= 4 is 11.6 Å². The van der Waals surface area contributed by atoms with Crippen molar-refractivity contribution in [2.24, 2.45) is 0 Å². The lowest BCUT2D eigenvalue weighted by atomic mass is 9.98. The molecule has 0 spiro atoms. The largest absolute Gasteiger partial charge is 0.494 e. The SMILES string of the molecule is CCCOc1ccc(N(C)c2ncc(C(F)(F)F)c(OC3CCCCC3)n2)cc1. The smallest absolute Gasteiger partial charge is 0.423 e. The van der Waals surface area contributed by atoms with Crippen LogP contribution in [0.5, 0.6) is 11.6 Å². The van der Waals surface area contributed by atoms with Crippen LogP contribution in [0.15, 0.2) is 30.5 Å². The first-order valence-electron chi connectivity index (χ1n) is 9.96. The number of nitrogens with zero attached hydrogens (tertiary/aromatic N) is 3. The highest BCUT2D eigenvalue weighted by Gasteiger charge is 2.37. The average molecular weight is 409 g/mol. The van der Waals surface area contributed by atoms with Crippen LogP contribution < -0.4 is 14.4 Å². The number of hydrogen-bond acceptors (Lipinski definition) is 5. The van der Waals surface area contributed by atoms with Crippen molar-refractivity contribution in [3.05, 3.63) is 36.0 Å². The van der Waals surface area contributed by atoms with E-state index in [1.807, 2.05) is 31.2 Å². The van der Waals surface area contributed by atoms with Crippen LogP contribution in [0.25, 0.3) is 0 Å². The summed E-state index contributed by atoms with van der Waals surface area (Å²) in [6, 6.07) is 7.25. The van der Waals surface area contributed by atoms with Gasteiger partial charge < -0.3 is 14.4 Å². The maximum Gasteiger partial charge on any atom is 0.423 e. The Bertz CT molecular complexity index is 791. The van der Waals surface area contributed by atoms with Gasteiger partial charge in [-0.3, -0.25) is 0 Å². The number of aromatic nitrogens is 2. The van der Waals surface area contributed by atoms with Gasteiger partial charge in [-0.05, 0) is 56.4 Å². The van der Waals surface area contributed by atoms with E-state index in [-0.39, 0.29) is 12.1 Å². The second-order valence-corrected chi connectivity index (χ2v) is 7.17. The number of anilines is 2. The first-order chi connectivity index (χ1) is 13.9. The van der Waals surface area contributed by atoms with E-state index in [1.165, 1.54) is 0 Å². The Morgan fingerprint density at radius 1 is 1.10 bits per heavy atom. The van der Waals surface area contributed by atoms with Gasteiger partial charge in [0.15, 0.2) is 0 Å². The number of halogens is 3. The zero-order valence-corrected chi connectivity index (χ0v) is 16.7. The fraction of sp³-hybridized carbons (Fsp3) is 0.524. The van der Waals surface area contributed by atoms with Crippen LogP contribution in [0.1, 0.15) is 51.0 Å². The molecule has 0 aliphatic heterocycles. The number of ether oxygens (including phenoxy) is 2. The molecule has 1 aromatic carbocycles. The van der Waals surface area contributed by atoms with Crippen molar-refractivity contribution in [1.29, 1.82) is 0 Å². The zero-order valence-electron chi connectivity index (χ0n) is 16.7. The molecular formula is C21H26F3N3O2. The molecule has 158 valence electrons. The number of benzene rings is 1. The average Bonchev–Trinajstić information content (AvgIpc) is 2.72. The van der Waals surface area contributed by atoms with Gasteiger partial charge in [0.25, 0.3) is 0 Å². The summed E-state index contributed by atoms with van der Waals surface area (Å²) in [4.78, 5) is 9.68. The zero-order chi connectivity index (χ0) is 20.9. The van der Waals surface area contributed by atoms with Crippen LogP contribution in [-0.2, 0) is 6.18 Å². The van der Waals surface area contributed by atoms with Crippen LogP contribution in [-0.4, -0.2) is 29.7 Å². The fourth-order valence-corrected chi connectivity index (χ4v) is 3.25. The minimum atomic E-state index is -4.57. The Morgan fingerprint density at radius 2 is 1.79 bits per heavy atom. The summed E-state index contributed by atoms with van der Waals surface area (Å²) in [6.07, 6.45) is 1.37. The van der Waals surface area contributed by atoms with Crippen LogP contribution in [0.2, 0.25) is 0 Å². The normalized spacial score (nSPS) is 15.2. The molecule has 0 N–H and O–H groups in total. The van der Waals surface area contributed by atoms with Crippen LogP contribution in [0.4, 0.5) is 24.8 Å². The van der Waals surface area contributed by atoms with Crippen molar-refractivity contribution in [3.63, 3.8) is 0 Å². The summed E-state index contributed by atoms with van der Waals surface area (Å²) in [5.74, 6) is 0.480. The highest BCUT2D eigenvalue weighted by atomic mass is 19.4. The number of rotatable bonds is 7. The Labute approximate surface area is 168 Å². The lowest BCUT2D eigenvalue weighted by Gasteiger charge is -2.25. The van der Waals surface area contributed by atoms with E-state index >= 15 is 0 Å². The van der Waals surface area contributed by atoms with Gasteiger partial charge in [-0.15, -0.1) is 0 Å². The summed E-state index contributed by atoms with van der Waals surface area (Å²) >= 11 is 0. The summed E-state index contributed by atoms with van der Waals surface area (Å²) in [5.41, 5.74) is -0.208. The maximum atomic E-state index is 13.4. The lowest BCUT2D eigenvalue weighted by molar-refractivity contribution is -0.140. The highest BCUT2D eigenvalue weighted by Crippen LogP contribution is 2.37. The molecule has 0 radical (unpaired) electrons. The molecule has 0 amide bonds. The molecule has 0 unspecified atom stereocenters. The molecule has 5 nitrogen and oxygen atoms in total. The van der Waals surface area contributed by atoms with Gasteiger partial charge in [-0.2, -0.15) is 18.2 Å². The molecule has 0 saturated heterocycles. The van der Waals surface area contributed by atoms with Crippen molar-refractivity contribution in [2.75, 3.05) is 18.6 Å². The molecule has 1 aliphatic carbocycles. The van der Waals surface area contributed by atoms with Crippen molar-refractivity contribution in [3.8, 4) is 11.6 Å². The molecule has 1 heterocycles. The molecule has 3 rings (SSSR count). The van der Waals surface area contributed by atoms with E-state index in [2.05, 4.69) is 9.97 Å². The second kappa shape index (κ2) is 9.33. The van der Waals surface area contributed by atoms with Gasteiger partial charge in [-0.25, -0.2) is 4.98 Å². The van der Waals surface area contributed by atoms with Crippen molar-refractivity contribution < 1.29 is 22.6 Å². The Hall–Kier alpha value is -2.51. The molecule has 1 aromatic heterocycles. The monoisotopic (exact) mass is 409 g/mol. The first kappa shape index (κ1) is 21.2. The van der Waals surface area contributed by atoms with Gasteiger partial charge in [0.1, 0.15) is 17.4 Å². The summed E-state index contributed by atoms with van der Waals surface area (Å²) in [7, 11) is 1.70. The van der Waals surface area contributed by atoms with E-state index in [0.29, 0.717) is 6.61 Å². The number of hydrogen-bond donors (Lipinski definition) is 0. The van der Waals surface area contributed by atoms with Gasteiger partial charge in [0.05, 0.1) is 6.61 Å². The van der Waals surface area contributed by atoms with Gasteiger partial charge in [-0.1, -0.05) is 13.3 Å².